The van der Waals surface area contributed by atoms with Crippen LogP contribution < -0.4 is 4.84 Å². The first-order chi connectivity index (χ1) is 4.93. The van der Waals surface area contributed by atoms with Gasteiger partial charge in [-0.05, 0) is 23.8 Å². The Hall–Kier alpha value is -0.530. The summed E-state index contributed by atoms with van der Waals surface area (Å²) in [4.78, 5) is 3.50. The second-order valence-corrected chi connectivity index (χ2v) is 2.32. The van der Waals surface area contributed by atoms with Crippen LogP contribution in [-0.4, -0.2) is 6.54 Å². The predicted molar refractivity (Wildman–Crippen MR) is 43.0 cm³/mol. The van der Waals surface area contributed by atoms with Gasteiger partial charge in [-0.1, -0.05) is 30.3 Å². The molecule has 2 heteroatoms. The Kier molecular flexibility index (Phi) is 3.27. The highest BCUT2D eigenvalue weighted by molar-refractivity contribution is 6.13. The number of halogens is 1. The molecule has 0 aliphatic rings. The van der Waals surface area contributed by atoms with E-state index in [1.165, 1.54) is 5.56 Å². The van der Waals surface area contributed by atoms with Gasteiger partial charge in [-0.15, -0.1) is 4.84 Å². The zero-order chi connectivity index (χ0) is 7.23. The Bertz CT molecular complexity index is 174. The molecule has 0 aliphatic carbocycles. The molecule has 0 saturated heterocycles. The first-order valence-corrected chi connectivity index (χ1v) is 3.59. The summed E-state index contributed by atoms with van der Waals surface area (Å²) in [6.07, 6.45) is 0.935. The molecule has 0 aliphatic heterocycles. The molecule has 1 rings (SSSR count). The van der Waals surface area contributed by atoms with Crippen LogP contribution in [0.15, 0.2) is 30.3 Å². The van der Waals surface area contributed by atoms with Crippen molar-refractivity contribution in [3.05, 3.63) is 35.9 Å². The van der Waals surface area contributed by atoms with E-state index in [2.05, 4.69) is 17.0 Å². The van der Waals surface area contributed by atoms with Gasteiger partial charge in [0.15, 0.2) is 0 Å². The van der Waals surface area contributed by atoms with Crippen molar-refractivity contribution < 1.29 is 0 Å². The molecule has 0 bridgehead atoms. The average Bonchev–Trinajstić information content (AvgIpc) is 2.03. The minimum atomic E-state index is 0.700. The van der Waals surface area contributed by atoms with Gasteiger partial charge in [0.2, 0.25) is 0 Å². The van der Waals surface area contributed by atoms with E-state index >= 15 is 0 Å². The van der Waals surface area contributed by atoms with Crippen molar-refractivity contribution in [3.63, 3.8) is 0 Å². The third-order valence-electron chi connectivity index (χ3n) is 1.33. The van der Waals surface area contributed by atoms with Crippen LogP contribution in [-0.2, 0) is 6.42 Å². The third kappa shape index (κ3) is 2.38. The maximum atomic E-state index is 5.18. The maximum Gasteiger partial charge on any atom is 0.0351 e. The molecule has 0 saturated carbocycles. The van der Waals surface area contributed by atoms with Crippen LogP contribution in [0.2, 0.25) is 0 Å². The lowest BCUT2D eigenvalue weighted by Gasteiger charge is -1.95. The molecule has 1 nitrogen and oxygen atoms in total. The van der Waals surface area contributed by atoms with E-state index in [-0.39, 0.29) is 0 Å². The highest BCUT2D eigenvalue weighted by Crippen LogP contribution is 1.98. The molecule has 0 N–H and O–H groups in total. The first kappa shape index (κ1) is 7.58. The molecule has 0 amide bonds. The minimum Gasteiger partial charge on any atom is -0.139 e. The van der Waals surface area contributed by atoms with Gasteiger partial charge in [-0.25, -0.2) is 0 Å². The van der Waals surface area contributed by atoms with Crippen molar-refractivity contribution in [2.75, 3.05) is 6.54 Å². The topological polar surface area (TPSA) is 14.1 Å². The summed E-state index contributed by atoms with van der Waals surface area (Å²) >= 11 is 5.18. The van der Waals surface area contributed by atoms with Crippen LogP contribution in [0.1, 0.15) is 5.56 Å². The van der Waals surface area contributed by atoms with Crippen molar-refractivity contribution in [1.29, 1.82) is 0 Å². The maximum absolute atomic E-state index is 5.18. The van der Waals surface area contributed by atoms with Gasteiger partial charge in [0.25, 0.3) is 0 Å². The van der Waals surface area contributed by atoms with Gasteiger partial charge in [-0.2, -0.15) is 0 Å². The fourth-order valence-corrected chi connectivity index (χ4v) is 0.901. The molecular weight excluding hydrogens is 146 g/mol. The Morgan fingerprint density at radius 3 is 2.50 bits per heavy atom. The molecule has 10 heavy (non-hydrogen) atoms. The van der Waals surface area contributed by atoms with Crippen LogP contribution in [0.4, 0.5) is 0 Å². The second-order valence-electron chi connectivity index (χ2n) is 2.08. The normalized spacial score (nSPS) is 9.70. The zero-order valence-electron chi connectivity index (χ0n) is 5.63. The van der Waals surface area contributed by atoms with E-state index in [4.69, 9.17) is 11.8 Å². The highest BCUT2D eigenvalue weighted by Gasteiger charge is 1.88. The molecule has 1 aromatic rings. The highest BCUT2D eigenvalue weighted by atomic mass is 35.5. The second kappa shape index (κ2) is 4.31. The van der Waals surface area contributed by atoms with Gasteiger partial charge in [0.05, 0.1) is 0 Å². The number of benzene rings is 1. The summed E-state index contributed by atoms with van der Waals surface area (Å²) in [6, 6.07) is 10.2. The molecule has 1 aromatic carbocycles. The molecule has 53 valence electrons. The van der Waals surface area contributed by atoms with Crippen LogP contribution in [0, 0.1) is 0 Å². The summed E-state index contributed by atoms with van der Waals surface area (Å²) in [5, 5.41) is 0. The first-order valence-electron chi connectivity index (χ1n) is 3.25. The van der Waals surface area contributed by atoms with E-state index < -0.39 is 0 Å². The molecule has 0 heterocycles. The fourth-order valence-electron chi connectivity index (χ4n) is 0.816. The van der Waals surface area contributed by atoms with Gasteiger partial charge >= 0.3 is 0 Å². The summed E-state index contributed by atoms with van der Waals surface area (Å²) in [7, 11) is 0. The van der Waals surface area contributed by atoms with Crippen LogP contribution >= 0.6 is 11.8 Å². The number of hydrogen-bond donors (Lipinski definition) is 0. The molecular formula is C8H9ClN. The average molecular weight is 155 g/mol. The van der Waals surface area contributed by atoms with Crippen molar-refractivity contribution in [3.8, 4) is 0 Å². The predicted octanol–water partition coefficient (Wildman–Crippen LogP) is 1.99. The summed E-state index contributed by atoms with van der Waals surface area (Å²) in [6.45, 7) is 0.700. The monoisotopic (exact) mass is 154 g/mol. The van der Waals surface area contributed by atoms with E-state index in [0.29, 0.717) is 6.54 Å². The quantitative estimate of drug-likeness (QED) is 0.632. The third-order valence-corrected chi connectivity index (χ3v) is 1.50. The van der Waals surface area contributed by atoms with E-state index in [0.717, 1.165) is 6.42 Å². The summed E-state index contributed by atoms with van der Waals surface area (Å²) < 4.78 is 0. The lowest BCUT2D eigenvalue weighted by atomic mass is 10.2. The standard InChI is InChI=1S/C8H9ClN/c9-10-7-6-8-4-2-1-3-5-8/h1-5H,6-7H2. The molecule has 0 aromatic heterocycles. The van der Waals surface area contributed by atoms with E-state index in [9.17, 15) is 0 Å². The lowest BCUT2D eigenvalue weighted by molar-refractivity contribution is 0.888. The van der Waals surface area contributed by atoms with Crippen LogP contribution in [0.5, 0.6) is 0 Å². The van der Waals surface area contributed by atoms with Crippen LogP contribution in [0.25, 0.3) is 0 Å². The largest absolute Gasteiger partial charge is 0.139 e. The van der Waals surface area contributed by atoms with Gasteiger partial charge in [-0.3, -0.25) is 0 Å². The van der Waals surface area contributed by atoms with E-state index in [1.54, 1.807) is 0 Å². The molecule has 0 unspecified atom stereocenters. The van der Waals surface area contributed by atoms with Gasteiger partial charge in [0.1, 0.15) is 0 Å². The minimum absolute atomic E-state index is 0.700. The molecule has 0 atom stereocenters. The van der Waals surface area contributed by atoms with E-state index in [1.807, 2.05) is 18.2 Å². The number of hydrogen-bond acceptors (Lipinski definition) is 0. The number of rotatable bonds is 3. The van der Waals surface area contributed by atoms with Crippen molar-refractivity contribution in [2.45, 2.75) is 6.42 Å². The Labute approximate surface area is 66.1 Å². The Morgan fingerprint density at radius 1 is 1.20 bits per heavy atom. The Balaban J connectivity index is 2.43. The summed E-state index contributed by atoms with van der Waals surface area (Å²) in [5.74, 6) is 0. The molecule has 0 fully saturated rings. The molecule has 1 radical (unpaired) electrons. The van der Waals surface area contributed by atoms with Crippen LogP contribution in [0.3, 0.4) is 0 Å². The lowest BCUT2D eigenvalue weighted by Crippen LogP contribution is -1.97. The fraction of sp³-hybridized carbons (Fsp3) is 0.250. The van der Waals surface area contributed by atoms with Gasteiger partial charge < -0.3 is 0 Å². The van der Waals surface area contributed by atoms with Crippen molar-refractivity contribution in [1.82, 2.24) is 4.84 Å². The SMILES string of the molecule is Cl[N]CCc1ccccc1. The Morgan fingerprint density at radius 2 is 1.90 bits per heavy atom. The summed E-state index contributed by atoms with van der Waals surface area (Å²) in [5.41, 5.74) is 1.28. The van der Waals surface area contributed by atoms with Gasteiger partial charge in [0, 0.05) is 6.54 Å². The number of nitrogens with zero attached hydrogens (tertiary/aromatic N) is 1. The smallest absolute Gasteiger partial charge is 0.0351 e. The molecule has 0 spiro atoms. The zero-order valence-corrected chi connectivity index (χ0v) is 6.38. The van der Waals surface area contributed by atoms with Crippen molar-refractivity contribution in [2.24, 2.45) is 0 Å². The van der Waals surface area contributed by atoms with Crippen molar-refractivity contribution >= 4 is 11.8 Å².